The fourth-order valence-corrected chi connectivity index (χ4v) is 2.29. The van der Waals surface area contributed by atoms with Crippen molar-refractivity contribution >= 4 is 5.97 Å². The van der Waals surface area contributed by atoms with Gasteiger partial charge in [0.05, 0.1) is 0 Å². The van der Waals surface area contributed by atoms with Gasteiger partial charge in [0, 0.05) is 5.57 Å². The number of esters is 1. The van der Waals surface area contributed by atoms with Gasteiger partial charge in [-0.05, 0) is 37.5 Å². The highest BCUT2D eigenvalue weighted by Crippen LogP contribution is 2.36. The Kier molecular flexibility index (Phi) is 4.40. The Hall–Kier alpha value is -0.790. The maximum atomic E-state index is 12.1. The molecular weight excluding hydrogens is 212 g/mol. The second-order valence-electron chi connectivity index (χ2n) is 6.22. The van der Waals surface area contributed by atoms with Gasteiger partial charge in [0.2, 0.25) is 0 Å². The zero-order valence-corrected chi connectivity index (χ0v) is 11.8. The average Bonchev–Trinajstić information content (AvgIpc) is 2.28. The van der Waals surface area contributed by atoms with Crippen LogP contribution in [0.4, 0.5) is 0 Å². The number of carbonyl (C=O) groups excluding carboxylic acids is 1. The molecule has 0 atom stereocenters. The molecule has 0 aromatic heterocycles. The van der Waals surface area contributed by atoms with Crippen molar-refractivity contribution in [3.8, 4) is 0 Å². The Bertz CT molecular complexity index is 291. The van der Waals surface area contributed by atoms with Crippen LogP contribution >= 0.6 is 0 Å². The first-order chi connectivity index (χ1) is 7.81. The van der Waals surface area contributed by atoms with E-state index in [1.165, 1.54) is 19.3 Å². The Balaban J connectivity index is 2.68. The minimum absolute atomic E-state index is 0.207. The van der Waals surface area contributed by atoms with Crippen LogP contribution in [0.3, 0.4) is 0 Å². The molecule has 1 rings (SSSR count). The van der Waals surface area contributed by atoms with E-state index in [1.807, 2.05) is 20.8 Å². The first kappa shape index (κ1) is 14.3. The summed E-state index contributed by atoms with van der Waals surface area (Å²) in [5.74, 6) is -0.207. The van der Waals surface area contributed by atoms with E-state index in [2.05, 4.69) is 13.5 Å². The molecule has 2 heteroatoms. The highest BCUT2D eigenvalue weighted by atomic mass is 16.6. The van der Waals surface area contributed by atoms with Gasteiger partial charge in [0.15, 0.2) is 0 Å². The van der Waals surface area contributed by atoms with E-state index < -0.39 is 0 Å². The summed E-state index contributed by atoms with van der Waals surface area (Å²) in [6.45, 7) is 12.0. The summed E-state index contributed by atoms with van der Waals surface area (Å²) in [4.78, 5) is 12.1. The first-order valence-corrected chi connectivity index (χ1v) is 6.73. The number of rotatable bonds is 3. The van der Waals surface area contributed by atoms with Crippen molar-refractivity contribution in [3.63, 3.8) is 0 Å². The van der Waals surface area contributed by atoms with Crippen molar-refractivity contribution in [2.24, 2.45) is 5.41 Å². The van der Waals surface area contributed by atoms with Crippen molar-refractivity contribution in [1.82, 2.24) is 0 Å². The monoisotopic (exact) mass is 238 g/mol. The van der Waals surface area contributed by atoms with Crippen molar-refractivity contribution in [1.29, 1.82) is 0 Å². The molecule has 0 aromatic rings. The first-order valence-electron chi connectivity index (χ1n) is 6.73. The van der Waals surface area contributed by atoms with Gasteiger partial charge in [-0.2, -0.15) is 0 Å². The second kappa shape index (κ2) is 5.24. The van der Waals surface area contributed by atoms with Crippen molar-refractivity contribution in [2.75, 3.05) is 0 Å². The molecule has 0 amide bonds. The molecule has 98 valence electrons. The molecule has 2 nitrogen and oxygen atoms in total. The zero-order chi connectivity index (χ0) is 13.1. The van der Waals surface area contributed by atoms with Crippen molar-refractivity contribution in [3.05, 3.63) is 12.2 Å². The fraction of sp³-hybridized carbons (Fsp3) is 0.800. The molecule has 1 aliphatic carbocycles. The molecule has 0 heterocycles. The van der Waals surface area contributed by atoms with Crippen LogP contribution in [0, 0.1) is 5.41 Å². The minimum Gasteiger partial charge on any atom is -0.456 e. The van der Waals surface area contributed by atoms with Gasteiger partial charge in [-0.3, -0.25) is 0 Å². The molecule has 0 bridgehead atoms. The predicted molar refractivity (Wildman–Crippen MR) is 70.8 cm³/mol. The van der Waals surface area contributed by atoms with Crippen LogP contribution in [0.5, 0.6) is 0 Å². The van der Waals surface area contributed by atoms with E-state index in [-0.39, 0.29) is 17.0 Å². The van der Waals surface area contributed by atoms with E-state index >= 15 is 0 Å². The Morgan fingerprint density at radius 1 is 1.24 bits per heavy atom. The normalized spacial score (nSPS) is 19.8. The van der Waals surface area contributed by atoms with Gasteiger partial charge in [0.1, 0.15) is 5.60 Å². The van der Waals surface area contributed by atoms with Crippen LogP contribution in [-0.4, -0.2) is 11.6 Å². The molecule has 1 saturated carbocycles. The second-order valence-corrected chi connectivity index (χ2v) is 6.22. The van der Waals surface area contributed by atoms with Crippen LogP contribution in [0.2, 0.25) is 0 Å². The molecule has 17 heavy (non-hydrogen) atoms. The van der Waals surface area contributed by atoms with Crippen LogP contribution in [0.15, 0.2) is 12.2 Å². The average molecular weight is 238 g/mol. The molecular formula is C15H26O2. The van der Waals surface area contributed by atoms with Gasteiger partial charge in [-0.15, -0.1) is 0 Å². The summed E-state index contributed by atoms with van der Waals surface area (Å²) in [6, 6.07) is 0. The van der Waals surface area contributed by atoms with Gasteiger partial charge in [0.25, 0.3) is 0 Å². The molecule has 0 radical (unpaired) electrons. The van der Waals surface area contributed by atoms with Gasteiger partial charge in [-0.1, -0.05) is 40.7 Å². The summed E-state index contributed by atoms with van der Waals surface area (Å²) in [5.41, 5.74) is 0.153. The number of ether oxygens (including phenoxy) is 1. The third-order valence-electron chi connectivity index (χ3n) is 3.87. The molecule has 0 spiro atoms. The standard InChI is InChI=1S/C15H26O2/c1-6-15(10-8-7-9-11-15)17-13(16)12(2)14(3,4)5/h2,6-11H2,1,3-5H3. The number of hydrogen-bond acceptors (Lipinski definition) is 2. The van der Waals surface area contributed by atoms with Crippen molar-refractivity contribution < 1.29 is 9.53 Å². The fourth-order valence-electron chi connectivity index (χ4n) is 2.29. The van der Waals surface area contributed by atoms with E-state index in [0.29, 0.717) is 5.57 Å². The quantitative estimate of drug-likeness (QED) is 0.543. The van der Waals surface area contributed by atoms with Gasteiger partial charge >= 0.3 is 5.97 Å². The summed E-state index contributed by atoms with van der Waals surface area (Å²) < 4.78 is 5.78. The Morgan fingerprint density at radius 3 is 2.18 bits per heavy atom. The summed E-state index contributed by atoms with van der Waals surface area (Å²) >= 11 is 0. The van der Waals surface area contributed by atoms with Gasteiger partial charge < -0.3 is 4.74 Å². The third-order valence-corrected chi connectivity index (χ3v) is 3.87. The maximum absolute atomic E-state index is 12.1. The summed E-state index contributed by atoms with van der Waals surface area (Å²) in [6.07, 6.45) is 6.53. The highest BCUT2D eigenvalue weighted by Gasteiger charge is 2.36. The molecule has 0 N–H and O–H groups in total. The SMILES string of the molecule is C=C(C(=O)OC1(CC)CCCCC1)C(C)(C)C. The van der Waals surface area contributed by atoms with E-state index in [1.54, 1.807) is 0 Å². The summed E-state index contributed by atoms with van der Waals surface area (Å²) in [5, 5.41) is 0. The largest absolute Gasteiger partial charge is 0.456 e. The van der Waals surface area contributed by atoms with Crippen molar-refractivity contribution in [2.45, 2.75) is 71.8 Å². The Labute approximate surface area is 105 Å². The minimum atomic E-state index is -0.219. The third kappa shape index (κ3) is 3.58. The van der Waals surface area contributed by atoms with Crippen LogP contribution in [0.25, 0.3) is 0 Å². The lowest BCUT2D eigenvalue weighted by Gasteiger charge is -2.37. The lowest BCUT2D eigenvalue weighted by Crippen LogP contribution is -2.38. The molecule has 0 unspecified atom stereocenters. The number of hydrogen-bond donors (Lipinski definition) is 0. The lowest BCUT2D eigenvalue weighted by molar-refractivity contribution is -0.160. The Morgan fingerprint density at radius 2 is 1.76 bits per heavy atom. The molecule has 0 aliphatic heterocycles. The lowest BCUT2D eigenvalue weighted by atomic mass is 9.82. The molecule has 1 aliphatic rings. The predicted octanol–water partition coefficient (Wildman–Crippen LogP) is 4.24. The summed E-state index contributed by atoms with van der Waals surface area (Å²) in [7, 11) is 0. The highest BCUT2D eigenvalue weighted by molar-refractivity contribution is 5.89. The van der Waals surface area contributed by atoms with Crippen LogP contribution in [0.1, 0.15) is 66.2 Å². The maximum Gasteiger partial charge on any atom is 0.334 e. The van der Waals surface area contributed by atoms with E-state index in [4.69, 9.17) is 4.74 Å². The molecule has 1 fully saturated rings. The van der Waals surface area contributed by atoms with E-state index in [9.17, 15) is 4.79 Å². The van der Waals surface area contributed by atoms with Crippen LogP contribution < -0.4 is 0 Å². The smallest absolute Gasteiger partial charge is 0.334 e. The van der Waals surface area contributed by atoms with Crippen LogP contribution in [-0.2, 0) is 9.53 Å². The molecule has 0 aromatic carbocycles. The number of carbonyl (C=O) groups is 1. The van der Waals surface area contributed by atoms with E-state index in [0.717, 1.165) is 19.3 Å². The molecule has 0 saturated heterocycles. The topological polar surface area (TPSA) is 26.3 Å². The zero-order valence-electron chi connectivity index (χ0n) is 11.8. The van der Waals surface area contributed by atoms with Gasteiger partial charge in [-0.25, -0.2) is 4.79 Å².